The van der Waals surface area contributed by atoms with Gasteiger partial charge < -0.3 is 14.5 Å². The molecule has 2 aliphatic rings. The average Bonchev–Trinajstić information content (AvgIpc) is 3.17. The van der Waals surface area contributed by atoms with Crippen molar-refractivity contribution in [3.63, 3.8) is 0 Å². The van der Waals surface area contributed by atoms with Crippen LogP contribution in [0.2, 0.25) is 0 Å². The Balaban J connectivity index is 0.00000259. The molecule has 3 aromatic rings. The van der Waals surface area contributed by atoms with E-state index in [9.17, 15) is 4.79 Å². The number of ether oxygens (including phenoxy) is 1. The van der Waals surface area contributed by atoms with Gasteiger partial charge in [-0.15, -0.1) is 12.4 Å². The fourth-order valence-corrected chi connectivity index (χ4v) is 4.87. The number of piperidine rings is 1. The summed E-state index contributed by atoms with van der Waals surface area (Å²) in [5.41, 5.74) is 4.54. The molecule has 0 saturated carbocycles. The lowest BCUT2D eigenvalue weighted by molar-refractivity contribution is 0.0777. The summed E-state index contributed by atoms with van der Waals surface area (Å²) >= 11 is 0. The van der Waals surface area contributed by atoms with Crippen LogP contribution in [0.4, 0.5) is 5.69 Å². The van der Waals surface area contributed by atoms with Crippen LogP contribution in [0.25, 0.3) is 0 Å². The van der Waals surface area contributed by atoms with Gasteiger partial charge >= 0.3 is 0 Å². The zero-order chi connectivity index (χ0) is 21.8. The molecule has 0 unspecified atom stereocenters. The van der Waals surface area contributed by atoms with Gasteiger partial charge in [0.25, 0.3) is 5.91 Å². The second-order valence-corrected chi connectivity index (χ2v) is 8.70. The van der Waals surface area contributed by atoms with E-state index in [1.165, 1.54) is 36.1 Å². The van der Waals surface area contributed by atoms with Gasteiger partial charge in [-0.3, -0.25) is 4.79 Å². The Bertz CT molecular complexity index is 1080. The Morgan fingerprint density at radius 1 is 0.818 bits per heavy atom. The third-order valence-electron chi connectivity index (χ3n) is 6.53. The van der Waals surface area contributed by atoms with E-state index in [0.29, 0.717) is 0 Å². The van der Waals surface area contributed by atoms with Gasteiger partial charge in [0.15, 0.2) is 0 Å². The number of hydrogen-bond donors (Lipinski definition) is 0. The number of hydrogen-bond acceptors (Lipinski definition) is 3. The molecule has 4 nitrogen and oxygen atoms in total. The average molecular weight is 463 g/mol. The third-order valence-corrected chi connectivity index (χ3v) is 6.53. The maximum absolute atomic E-state index is 13.1. The molecule has 0 aliphatic carbocycles. The lowest BCUT2D eigenvalue weighted by Gasteiger charge is -2.30. The number of anilines is 1. The standard InChI is InChI=1S/C28H30N2O2.ClH/c31-28-24-15-9-16-26(29-18-7-2-8-19-29)25(24)21-30(28)20-10-12-22-11-5-6-17-27(22)32-23-13-3-1-4-14-23;/h1,3-6,9,11,13-17H,2,7-8,10,12,18-21H2;1H. The topological polar surface area (TPSA) is 32.8 Å². The van der Waals surface area contributed by atoms with E-state index in [2.05, 4.69) is 23.1 Å². The molecule has 0 spiro atoms. The SMILES string of the molecule is Cl.O=C1c2cccc(N3CCCCC3)c2CN1CCCc1ccccc1Oc1ccccc1. The van der Waals surface area contributed by atoms with Crippen molar-refractivity contribution in [3.05, 3.63) is 89.5 Å². The van der Waals surface area contributed by atoms with E-state index in [0.717, 1.165) is 56.1 Å². The van der Waals surface area contributed by atoms with E-state index in [-0.39, 0.29) is 18.3 Å². The first-order chi connectivity index (χ1) is 15.8. The number of amides is 1. The predicted molar refractivity (Wildman–Crippen MR) is 136 cm³/mol. The Morgan fingerprint density at radius 3 is 2.39 bits per heavy atom. The highest BCUT2D eigenvalue weighted by Crippen LogP contribution is 2.33. The third kappa shape index (κ3) is 5.17. The molecule has 5 rings (SSSR count). The predicted octanol–water partition coefficient (Wildman–Crippen LogP) is 6.48. The van der Waals surface area contributed by atoms with Crippen LogP contribution < -0.4 is 9.64 Å². The molecule has 0 N–H and O–H groups in total. The van der Waals surface area contributed by atoms with Crippen LogP contribution in [0.1, 0.15) is 47.2 Å². The number of para-hydroxylation sites is 2. The highest BCUT2D eigenvalue weighted by atomic mass is 35.5. The number of fused-ring (bicyclic) bond motifs is 1. The number of halogens is 1. The van der Waals surface area contributed by atoms with E-state index < -0.39 is 0 Å². The first-order valence-corrected chi connectivity index (χ1v) is 11.8. The maximum atomic E-state index is 13.1. The summed E-state index contributed by atoms with van der Waals surface area (Å²) in [4.78, 5) is 17.5. The molecule has 1 amide bonds. The van der Waals surface area contributed by atoms with Crippen molar-refractivity contribution >= 4 is 24.0 Å². The van der Waals surface area contributed by atoms with Gasteiger partial charge in [0.1, 0.15) is 11.5 Å². The normalized spacial score (nSPS) is 15.2. The largest absolute Gasteiger partial charge is 0.457 e. The number of nitrogens with zero attached hydrogens (tertiary/aromatic N) is 2. The number of carbonyl (C=O) groups excluding carboxylic acids is 1. The molecule has 33 heavy (non-hydrogen) atoms. The van der Waals surface area contributed by atoms with Gasteiger partial charge in [-0.05, 0) is 68.0 Å². The van der Waals surface area contributed by atoms with E-state index in [1.54, 1.807) is 0 Å². The number of aryl methyl sites for hydroxylation is 1. The zero-order valence-corrected chi connectivity index (χ0v) is 19.7. The van der Waals surface area contributed by atoms with Crippen LogP contribution in [0, 0.1) is 0 Å². The minimum atomic E-state index is 0. The molecule has 2 heterocycles. The maximum Gasteiger partial charge on any atom is 0.254 e. The number of carbonyl (C=O) groups is 1. The lowest BCUT2D eigenvalue weighted by atomic mass is 10.0. The van der Waals surface area contributed by atoms with Gasteiger partial charge in [0.05, 0.1) is 0 Å². The molecular weight excluding hydrogens is 432 g/mol. The van der Waals surface area contributed by atoms with Crippen LogP contribution in [0.15, 0.2) is 72.8 Å². The van der Waals surface area contributed by atoms with Gasteiger partial charge in [0.2, 0.25) is 0 Å². The number of rotatable bonds is 7. The van der Waals surface area contributed by atoms with E-state index in [4.69, 9.17) is 4.74 Å². The van der Waals surface area contributed by atoms with Crippen molar-refractivity contribution < 1.29 is 9.53 Å². The zero-order valence-electron chi connectivity index (χ0n) is 18.9. The first kappa shape index (κ1) is 23.2. The van der Waals surface area contributed by atoms with Crippen LogP contribution in [0.5, 0.6) is 11.5 Å². The summed E-state index contributed by atoms with van der Waals surface area (Å²) in [6, 6.07) is 24.3. The Morgan fingerprint density at radius 2 is 1.58 bits per heavy atom. The molecule has 0 bridgehead atoms. The molecule has 1 saturated heterocycles. The molecule has 0 aromatic heterocycles. The van der Waals surface area contributed by atoms with Gasteiger partial charge in [-0.25, -0.2) is 0 Å². The molecule has 0 radical (unpaired) electrons. The van der Waals surface area contributed by atoms with Crippen molar-refractivity contribution in [1.29, 1.82) is 0 Å². The number of benzene rings is 3. The van der Waals surface area contributed by atoms with Crippen LogP contribution in [0.3, 0.4) is 0 Å². The molecule has 3 aromatic carbocycles. The van der Waals surface area contributed by atoms with Crippen molar-refractivity contribution in [2.75, 3.05) is 24.5 Å². The van der Waals surface area contributed by atoms with Crippen LogP contribution in [-0.4, -0.2) is 30.4 Å². The molecule has 172 valence electrons. The van der Waals surface area contributed by atoms with E-state index in [1.807, 2.05) is 59.5 Å². The minimum absolute atomic E-state index is 0. The molecule has 0 atom stereocenters. The Kier molecular flexibility index (Phi) is 7.56. The Hall–Kier alpha value is -2.98. The Labute approximate surface area is 202 Å². The van der Waals surface area contributed by atoms with Crippen molar-refractivity contribution in [1.82, 2.24) is 4.90 Å². The second kappa shape index (κ2) is 10.8. The van der Waals surface area contributed by atoms with Gasteiger partial charge in [-0.2, -0.15) is 0 Å². The summed E-state index contributed by atoms with van der Waals surface area (Å²) in [5.74, 6) is 1.91. The lowest BCUT2D eigenvalue weighted by Crippen LogP contribution is -2.30. The fourth-order valence-electron chi connectivity index (χ4n) is 4.87. The smallest absolute Gasteiger partial charge is 0.254 e. The second-order valence-electron chi connectivity index (χ2n) is 8.70. The van der Waals surface area contributed by atoms with Crippen molar-refractivity contribution in [3.8, 4) is 11.5 Å². The summed E-state index contributed by atoms with van der Waals surface area (Å²) < 4.78 is 6.10. The minimum Gasteiger partial charge on any atom is -0.457 e. The first-order valence-electron chi connectivity index (χ1n) is 11.8. The van der Waals surface area contributed by atoms with Gasteiger partial charge in [-0.1, -0.05) is 42.5 Å². The van der Waals surface area contributed by atoms with Crippen LogP contribution in [-0.2, 0) is 13.0 Å². The quantitative estimate of drug-likeness (QED) is 0.403. The van der Waals surface area contributed by atoms with Crippen LogP contribution >= 0.6 is 12.4 Å². The highest BCUT2D eigenvalue weighted by molar-refractivity contribution is 6.00. The highest BCUT2D eigenvalue weighted by Gasteiger charge is 2.30. The summed E-state index contributed by atoms with van der Waals surface area (Å²) in [7, 11) is 0. The summed E-state index contributed by atoms with van der Waals surface area (Å²) in [6.07, 6.45) is 5.58. The fraction of sp³-hybridized carbons (Fsp3) is 0.321. The molecule has 5 heteroatoms. The van der Waals surface area contributed by atoms with Crippen molar-refractivity contribution in [2.24, 2.45) is 0 Å². The molecular formula is C28H31ClN2O2. The summed E-state index contributed by atoms with van der Waals surface area (Å²) in [5, 5.41) is 0. The van der Waals surface area contributed by atoms with Gasteiger partial charge in [0, 0.05) is 43.0 Å². The van der Waals surface area contributed by atoms with E-state index >= 15 is 0 Å². The molecule has 1 fully saturated rings. The summed E-state index contributed by atoms with van der Waals surface area (Å²) in [6.45, 7) is 3.68. The molecule has 2 aliphatic heterocycles. The monoisotopic (exact) mass is 462 g/mol. The van der Waals surface area contributed by atoms with Crippen molar-refractivity contribution in [2.45, 2.75) is 38.6 Å².